The maximum absolute atomic E-state index is 15.0. The molecule has 0 unspecified atom stereocenters. The van der Waals surface area contributed by atoms with Crippen molar-refractivity contribution in [2.45, 2.75) is 96.8 Å². The zero-order valence-corrected chi connectivity index (χ0v) is 21.2. The van der Waals surface area contributed by atoms with Crippen LogP contribution in [0.4, 0.5) is 8.78 Å². The maximum Gasteiger partial charge on any atom is 0.166 e. The molecule has 0 amide bonds. The standard InChI is InChI=1S/C32H42F2/c1-3-5-7-9-23-11-13-24(14-12-23)25-15-17-26(18-16-25)27-19-20-28-21-29(10-8-6-4-2)31(33)32(34)30(28)22-27/h4,6-7,9,19-26H,3,5,8,10-18H2,1-2H3/b6-4+,9-7+. The van der Waals surface area contributed by atoms with Crippen LogP contribution < -0.4 is 0 Å². The summed E-state index contributed by atoms with van der Waals surface area (Å²) in [5.74, 6) is 1.68. The molecule has 2 fully saturated rings. The van der Waals surface area contributed by atoms with E-state index in [1.165, 1.54) is 69.8 Å². The second-order valence-corrected chi connectivity index (χ2v) is 10.8. The summed E-state index contributed by atoms with van der Waals surface area (Å²) in [4.78, 5) is 0. The Balaban J connectivity index is 1.36. The van der Waals surface area contributed by atoms with Gasteiger partial charge in [0.25, 0.3) is 0 Å². The van der Waals surface area contributed by atoms with Gasteiger partial charge in [0.1, 0.15) is 0 Å². The predicted octanol–water partition coefficient (Wildman–Crippen LogP) is 10.1. The molecule has 0 N–H and O–H groups in total. The highest BCUT2D eigenvalue weighted by Gasteiger charge is 2.31. The van der Waals surface area contributed by atoms with Crippen molar-refractivity contribution >= 4 is 10.8 Å². The molecular weight excluding hydrogens is 422 g/mol. The summed E-state index contributed by atoms with van der Waals surface area (Å²) in [7, 11) is 0. The minimum Gasteiger partial charge on any atom is -0.203 e. The Bertz CT molecular complexity index is 986. The molecule has 2 aliphatic carbocycles. The summed E-state index contributed by atoms with van der Waals surface area (Å²) in [5, 5.41) is 1.26. The summed E-state index contributed by atoms with van der Waals surface area (Å²) < 4.78 is 29.7. The van der Waals surface area contributed by atoms with Gasteiger partial charge in [-0.3, -0.25) is 0 Å². The third-order valence-electron chi connectivity index (χ3n) is 8.52. The molecule has 2 aromatic carbocycles. The highest BCUT2D eigenvalue weighted by molar-refractivity contribution is 5.85. The summed E-state index contributed by atoms with van der Waals surface area (Å²) in [6.07, 6.45) is 22.9. The van der Waals surface area contributed by atoms with Crippen molar-refractivity contribution < 1.29 is 8.78 Å². The SMILES string of the molecule is C/C=C/CCc1cc2ccc(C3CCC(C4CCC(/C=C/CCC)CC4)CC3)cc2c(F)c1F. The average Bonchev–Trinajstić information content (AvgIpc) is 2.88. The minimum atomic E-state index is -0.673. The van der Waals surface area contributed by atoms with Gasteiger partial charge >= 0.3 is 0 Å². The van der Waals surface area contributed by atoms with Gasteiger partial charge in [-0.25, -0.2) is 8.78 Å². The summed E-state index contributed by atoms with van der Waals surface area (Å²) in [6, 6.07) is 7.94. The molecule has 0 nitrogen and oxygen atoms in total. The monoisotopic (exact) mass is 464 g/mol. The first kappa shape index (κ1) is 25.1. The van der Waals surface area contributed by atoms with Crippen LogP contribution in [0.1, 0.15) is 102 Å². The first-order valence-corrected chi connectivity index (χ1v) is 13.8. The fraction of sp³-hybridized carbons (Fsp3) is 0.562. The number of aryl methyl sites for hydroxylation is 1. The van der Waals surface area contributed by atoms with Gasteiger partial charge in [0.2, 0.25) is 0 Å². The van der Waals surface area contributed by atoms with Crippen LogP contribution in [0.15, 0.2) is 48.6 Å². The van der Waals surface area contributed by atoms with Crippen LogP contribution in [0, 0.1) is 29.4 Å². The topological polar surface area (TPSA) is 0 Å². The van der Waals surface area contributed by atoms with E-state index in [2.05, 4.69) is 25.1 Å². The third-order valence-corrected chi connectivity index (χ3v) is 8.52. The van der Waals surface area contributed by atoms with Gasteiger partial charge in [0.05, 0.1) is 0 Å². The van der Waals surface area contributed by atoms with E-state index in [-0.39, 0.29) is 0 Å². The molecule has 0 radical (unpaired) electrons. The molecule has 184 valence electrons. The molecule has 2 aromatic rings. The molecule has 0 saturated heterocycles. The molecule has 0 aromatic heterocycles. The molecule has 2 saturated carbocycles. The van der Waals surface area contributed by atoms with Crippen molar-refractivity contribution in [3.05, 3.63) is 71.3 Å². The number of rotatable bonds is 8. The largest absolute Gasteiger partial charge is 0.203 e. The van der Waals surface area contributed by atoms with E-state index in [1.807, 2.05) is 37.3 Å². The van der Waals surface area contributed by atoms with Gasteiger partial charge in [-0.05, 0) is 130 Å². The van der Waals surface area contributed by atoms with Gasteiger partial charge in [-0.1, -0.05) is 49.8 Å². The zero-order chi connectivity index (χ0) is 23.9. The first-order valence-electron chi connectivity index (χ1n) is 13.8. The van der Waals surface area contributed by atoms with E-state index < -0.39 is 11.6 Å². The van der Waals surface area contributed by atoms with Crippen molar-refractivity contribution in [3.8, 4) is 0 Å². The van der Waals surface area contributed by atoms with Crippen LogP contribution in [0.3, 0.4) is 0 Å². The lowest BCUT2D eigenvalue weighted by atomic mass is 9.68. The minimum absolute atomic E-state index is 0.446. The van der Waals surface area contributed by atoms with Gasteiger partial charge in [-0.15, -0.1) is 0 Å². The van der Waals surface area contributed by atoms with Crippen molar-refractivity contribution in [2.24, 2.45) is 17.8 Å². The van der Waals surface area contributed by atoms with E-state index in [1.54, 1.807) is 0 Å². The van der Waals surface area contributed by atoms with Gasteiger partial charge in [0.15, 0.2) is 11.6 Å². The fourth-order valence-electron chi connectivity index (χ4n) is 6.43. The van der Waals surface area contributed by atoms with E-state index in [9.17, 15) is 8.78 Å². The molecule has 0 bridgehead atoms. The second-order valence-electron chi connectivity index (χ2n) is 10.8. The van der Waals surface area contributed by atoms with E-state index in [0.29, 0.717) is 23.3 Å². The number of hydrogen-bond acceptors (Lipinski definition) is 0. The quantitative estimate of drug-likeness (QED) is 0.341. The van der Waals surface area contributed by atoms with E-state index in [4.69, 9.17) is 0 Å². The van der Waals surface area contributed by atoms with Crippen LogP contribution >= 0.6 is 0 Å². The molecular formula is C32H42F2. The van der Waals surface area contributed by atoms with Crippen molar-refractivity contribution in [1.82, 2.24) is 0 Å². The second kappa shape index (κ2) is 12.1. The number of hydrogen-bond donors (Lipinski definition) is 0. The van der Waals surface area contributed by atoms with E-state index >= 15 is 0 Å². The Morgan fingerprint density at radius 3 is 2.21 bits per heavy atom. The Labute approximate surface area is 205 Å². The average molecular weight is 465 g/mol. The van der Waals surface area contributed by atoms with Crippen LogP contribution in [0.2, 0.25) is 0 Å². The van der Waals surface area contributed by atoms with Gasteiger partial charge in [0, 0.05) is 5.39 Å². The molecule has 2 heteroatoms. The van der Waals surface area contributed by atoms with E-state index in [0.717, 1.165) is 29.6 Å². The molecule has 0 spiro atoms. The van der Waals surface area contributed by atoms with Crippen molar-refractivity contribution in [2.75, 3.05) is 0 Å². The first-order chi connectivity index (χ1) is 16.6. The molecule has 0 aliphatic heterocycles. The summed E-state index contributed by atoms with van der Waals surface area (Å²) in [6.45, 7) is 4.19. The Hall–Kier alpha value is -1.96. The summed E-state index contributed by atoms with van der Waals surface area (Å²) >= 11 is 0. The van der Waals surface area contributed by atoms with Gasteiger partial charge in [-0.2, -0.15) is 0 Å². The highest BCUT2D eigenvalue weighted by Crippen LogP contribution is 2.44. The fourth-order valence-corrected chi connectivity index (χ4v) is 6.43. The predicted molar refractivity (Wildman–Crippen MR) is 141 cm³/mol. The van der Waals surface area contributed by atoms with Crippen LogP contribution in [-0.2, 0) is 6.42 Å². The number of halogens is 2. The zero-order valence-electron chi connectivity index (χ0n) is 21.2. The maximum atomic E-state index is 15.0. The molecule has 34 heavy (non-hydrogen) atoms. The number of fused-ring (bicyclic) bond motifs is 1. The third kappa shape index (κ3) is 5.99. The highest BCUT2D eigenvalue weighted by atomic mass is 19.2. The van der Waals surface area contributed by atoms with Gasteiger partial charge < -0.3 is 0 Å². The Morgan fingerprint density at radius 1 is 0.824 bits per heavy atom. The van der Waals surface area contributed by atoms with Crippen LogP contribution in [0.5, 0.6) is 0 Å². The lowest BCUT2D eigenvalue weighted by molar-refractivity contribution is 0.171. The Morgan fingerprint density at radius 2 is 1.53 bits per heavy atom. The molecule has 2 aliphatic rings. The smallest absolute Gasteiger partial charge is 0.166 e. The number of allylic oxidation sites excluding steroid dienone is 4. The Kier molecular flexibility index (Phi) is 8.98. The van der Waals surface area contributed by atoms with Crippen molar-refractivity contribution in [3.63, 3.8) is 0 Å². The lowest BCUT2D eigenvalue weighted by Crippen LogP contribution is -2.25. The van der Waals surface area contributed by atoms with Crippen LogP contribution in [0.25, 0.3) is 10.8 Å². The molecule has 0 atom stereocenters. The molecule has 0 heterocycles. The number of unbranched alkanes of at least 4 members (excludes halogenated alkanes) is 1. The van der Waals surface area contributed by atoms with Crippen molar-refractivity contribution in [1.29, 1.82) is 0 Å². The molecule has 4 rings (SSSR count). The lowest BCUT2D eigenvalue weighted by Gasteiger charge is -2.37. The number of benzene rings is 2. The summed E-state index contributed by atoms with van der Waals surface area (Å²) in [5.41, 5.74) is 1.67. The normalized spacial score (nSPS) is 26.1. The van der Waals surface area contributed by atoms with Crippen LogP contribution in [-0.4, -0.2) is 0 Å².